The van der Waals surface area contributed by atoms with Crippen LogP contribution in [-0.2, 0) is 19.1 Å². The molecule has 2 amide bonds. The highest BCUT2D eigenvalue weighted by molar-refractivity contribution is 5.92. The molecule has 0 radical (unpaired) electrons. The fourth-order valence-electron chi connectivity index (χ4n) is 3.67. The van der Waals surface area contributed by atoms with Crippen molar-refractivity contribution in [1.29, 1.82) is 0 Å². The largest absolute Gasteiger partial charge is 0.465 e. The summed E-state index contributed by atoms with van der Waals surface area (Å²) >= 11 is 0. The van der Waals surface area contributed by atoms with Crippen molar-refractivity contribution in [1.82, 2.24) is 9.80 Å². The summed E-state index contributed by atoms with van der Waals surface area (Å²) in [5, 5.41) is 0. The number of likely N-dealkylation sites (tertiary alicyclic amines) is 1. The molecule has 0 bridgehead atoms. The number of esters is 1. The molecule has 1 saturated heterocycles. The van der Waals surface area contributed by atoms with E-state index < -0.39 is 11.8 Å². The van der Waals surface area contributed by atoms with Crippen molar-refractivity contribution < 1.29 is 28.2 Å². The summed E-state index contributed by atoms with van der Waals surface area (Å²) in [4.78, 5) is 37.4. The van der Waals surface area contributed by atoms with Crippen molar-refractivity contribution in [3.63, 3.8) is 0 Å². The molecule has 0 aromatic rings. The van der Waals surface area contributed by atoms with E-state index in [0.29, 0.717) is 24.7 Å². The number of halogens is 1. The second-order valence-electron chi connectivity index (χ2n) is 9.10. The standard InChI is InChI=1S/C15H20FNO3.C10H19NO2/c1-4-12(11-7-6-8-17(9-11)10-18)14(16)13(5-2)15(19)20-3;1-5-11(8-6-7-8)9(12)13-10(2,3)4/h4-5,10-11H,2,6-9H2,1,3H3;8H,5-7H2,1-4H3/b12-4-,14-13-;. The summed E-state index contributed by atoms with van der Waals surface area (Å²) in [6.45, 7) is 14.7. The maximum atomic E-state index is 14.5. The van der Waals surface area contributed by atoms with Gasteiger partial charge in [0.25, 0.3) is 0 Å². The summed E-state index contributed by atoms with van der Waals surface area (Å²) in [5.74, 6) is -1.48. The van der Waals surface area contributed by atoms with Gasteiger partial charge in [-0.1, -0.05) is 18.7 Å². The van der Waals surface area contributed by atoms with Gasteiger partial charge in [0.1, 0.15) is 11.4 Å². The van der Waals surface area contributed by atoms with E-state index in [1.807, 2.05) is 32.6 Å². The SMILES string of the molecule is C=C/C(C(=O)OC)=C(F)\C(=C/C)C1CCCN(C=O)C1.CCN(C(=O)OC(C)(C)C)C1CC1. The minimum atomic E-state index is -0.750. The van der Waals surface area contributed by atoms with E-state index >= 15 is 0 Å². The monoisotopic (exact) mass is 466 g/mol. The summed E-state index contributed by atoms with van der Waals surface area (Å²) in [6.07, 6.45) is 7.26. The highest BCUT2D eigenvalue weighted by Crippen LogP contribution is 2.31. The Morgan fingerprint density at radius 2 is 1.88 bits per heavy atom. The second kappa shape index (κ2) is 13.2. The molecule has 2 aliphatic rings. The molecule has 0 aromatic heterocycles. The average Bonchev–Trinajstić information content (AvgIpc) is 3.59. The van der Waals surface area contributed by atoms with Gasteiger partial charge in [0.05, 0.1) is 12.7 Å². The van der Waals surface area contributed by atoms with Gasteiger partial charge in [0, 0.05) is 31.6 Å². The third kappa shape index (κ3) is 9.02. The molecule has 186 valence electrons. The summed E-state index contributed by atoms with van der Waals surface area (Å²) < 4.78 is 24.3. The number of nitrogens with zero attached hydrogens (tertiary/aromatic N) is 2. The zero-order valence-electron chi connectivity index (χ0n) is 20.9. The van der Waals surface area contributed by atoms with E-state index in [1.54, 1.807) is 17.9 Å². The van der Waals surface area contributed by atoms with Crippen molar-refractivity contribution in [2.75, 3.05) is 26.7 Å². The maximum Gasteiger partial charge on any atom is 0.410 e. The minimum Gasteiger partial charge on any atom is -0.465 e. The van der Waals surface area contributed by atoms with E-state index in [0.717, 1.165) is 44.7 Å². The molecule has 2 rings (SSSR count). The van der Waals surface area contributed by atoms with E-state index in [2.05, 4.69) is 11.3 Å². The fourth-order valence-corrected chi connectivity index (χ4v) is 3.67. The number of ether oxygens (including phenoxy) is 2. The number of methoxy groups -OCH3 is 1. The van der Waals surface area contributed by atoms with E-state index in [9.17, 15) is 18.8 Å². The van der Waals surface area contributed by atoms with Gasteiger partial charge in [0.15, 0.2) is 0 Å². The topological polar surface area (TPSA) is 76.2 Å². The van der Waals surface area contributed by atoms with Crippen LogP contribution in [0.15, 0.2) is 35.7 Å². The third-order valence-electron chi connectivity index (χ3n) is 5.41. The molecule has 0 aromatic carbocycles. The van der Waals surface area contributed by atoms with Crippen molar-refractivity contribution in [3.05, 3.63) is 35.7 Å². The van der Waals surface area contributed by atoms with Gasteiger partial charge in [-0.15, -0.1) is 0 Å². The van der Waals surface area contributed by atoms with Crippen LogP contribution in [0.4, 0.5) is 9.18 Å². The van der Waals surface area contributed by atoms with Crippen LogP contribution in [0.3, 0.4) is 0 Å². The van der Waals surface area contributed by atoms with Gasteiger partial charge in [-0.3, -0.25) is 4.79 Å². The number of hydrogen-bond donors (Lipinski definition) is 0. The molecular weight excluding hydrogens is 427 g/mol. The molecule has 7 nitrogen and oxygen atoms in total. The first-order chi connectivity index (χ1) is 15.5. The first kappa shape index (κ1) is 28.4. The van der Waals surface area contributed by atoms with Gasteiger partial charge in [-0.05, 0) is 65.9 Å². The van der Waals surface area contributed by atoms with E-state index in [-0.39, 0.29) is 23.2 Å². The smallest absolute Gasteiger partial charge is 0.410 e. The van der Waals surface area contributed by atoms with Crippen LogP contribution < -0.4 is 0 Å². The van der Waals surface area contributed by atoms with E-state index in [1.165, 1.54) is 7.11 Å². The molecule has 1 unspecified atom stereocenters. The lowest BCUT2D eigenvalue weighted by atomic mass is 9.88. The second-order valence-corrected chi connectivity index (χ2v) is 9.10. The van der Waals surface area contributed by atoms with Gasteiger partial charge in [0.2, 0.25) is 6.41 Å². The molecule has 1 aliphatic heterocycles. The van der Waals surface area contributed by atoms with Gasteiger partial charge >= 0.3 is 12.1 Å². The Kier molecular flexibility index (Phi) is 11.3. The Hall–Kier alpha value is -2.64. The summed E-state index contributed by atoms with van der Waals surface area (Å²) in [7, 11) is 1.20. The molecule has 33 heavy (non-hydrogen) atoms. The minimum absolute atomic E-state index is 0.112. The molecule has 1 aliphatic carbocycles. The van der Waals surface area contributed by atoms with Gasteiger partial charge < -0.3 is 19.3 Å². The van der Waals surface area contributed by atoms with Crippen LogP contribution >= 0.6 is 0 Å². The number of piperidine rings is 1. The Morgan fingerprint density at radius 3 is 2.30 bits per heavy atom. The number of rotatable bonds is 7. The predicted octanol–water partition coefficient (Wildman–Crippen LogP) is 4.79. The van der Waals surface area contributed by atoms with Gasteiger partial charge in [-0.25, -0.2) is 14.0 Å². The lowest BCUT2D eigenvalue weighted by molar-refractivity contribution is -0.135. The van der Waals surface area contributed by atoms with Gasteiger partial charge in [-0.2, -0.15) is 0 Å². The lowest BCUT2D eigenvalue weighted by Crippen LogP contribution is -2.38. The molecule has 2 fully saturated rings. The number of allylic oxidation sites excluding steroid dienone is 2. The van der Waals surface area contributed by atoms with Crippen LogP contribution in [0, 0.1) is 5.92 Å². The van der Waals surface area contributed by atoms with Crippen LogP contribution in [0.25, 0.3) is 0 Å². The molecule has 1 saturated carbocycles. The highest BCUT2D eigenvalue weighted by Gasteiger charge is 2.34. The van der Waals surface area contributed by atoms with Crippen LogP contribution in [0.2, 0.25) is 0 Å². The Labute approximate surface area is 197 Å². The first-order valence-electron chi connectivity index (χ1n) is 11.5. The Morgan fingerprint density at radius 1 is 1.24 bits per heavy atom. The number of amides is 2. The maximum absolute atomic E-state index is 14.5. The van der Waals surface area contributed by atoms with Crippen LogP contribution in [-0.4, -0.2) is 66.7 Å². The predicted molar refractivity (Wildman–Crippen MR) is 126 cm³/mol. The number of carbonyl (C=O) groups excluding carboxylic acids is 3. The quantitative estimate of drug-likeness (QED) is 0.233. The summed E-state index contributed by atoms with van der Waals surface area (Å²) in [5.41, 5.74) is -0.125. The molecule has 0 spiro atoms. The number of hydrogen-bond acceptors (Lipinski definition) is 5. The first-order valence-corrected chi connectivity index (χ1v) is 11.5. The molecule has 1 heterocycles. The molecular formula is C25H39FN2O5. The highest BCUT2D eigenvalue weighted by atomic mass is 19.1. The summed E-state index contributed by atoms with van der Waals surface area (Å²) in [6, 6.07) is 0.444. The van der Waals surface area contributed by atoms with Crippen molar-refractivity contribution in [3.8, 4) is 0 Å². The molecule has 8 heteroatoms. The Balaban J connectivity index is 0.000000361. The van der Waals surface area contributed by atoms with Crippen molar-refractivity contribution in [2.24, 2.45) is 5.92 Å². The molecule has 1 atom stereocenters. The zero-order chi connectivity index (χ0) is 25.2. The van der Waals surface area contributed by atoms with Crippen molar-refractivity contribution in [2.45, 2.75) is 71.9 Å². The van der Waals surface area contributed by atoms with Crippen LogP contribution in [0.1, 0.15) is 60.3 Å². The van der Waals surface area contributed by atoms with Crippen LogP contribution in [0.5, 0.6) is 0 Å². The van der Waals surface area contributed by atoms with Crippen molar-refractivity contribution >= 4 is 18.5 Å². The lowest BCUT2D eigenvalue weighted by Gasteiger charge is -2.31. The normalized spacial score (nSPS) is 19.4. The fraction of sp³-hybridized carbons (Fsp3) is 0.640. The average molecular weight is 467 g/mol. The third-order valence-corrected chi connectivity index (χ3v) is 5.41. The molecule has 0 N–H and O–H groups in total. The zero-order valence-corrected chi connectivity index (χ0v) is 20.9. The number of carbonyl (C=O) groups is 3. The Bertz CT molecular complexity index is 765. The van der Waals surface area contributed by atoms with E-state index in [4.69, 9.17) is 4.74 Å².